The number of rotatable bonds is 6. The number of ether oxygens (including phenoxy) is 1. The van der Waals surface area contributed by atoms with Crippen LogP contribution in [0.5, 0.6) is 5.88 Å². The Morgan fingerprint density at radius 3 is 2.80 bits per heavy atom. The largest absolute Gasteiger partial charge is 0.526 e. The molecule has 0 amide bonds. The number of nitrogens with zero attached hydrogens (tertiary/aromatic N) is 4. The molecule has 0 aliphatic heterocycles. The third kappa shape index (κ3) is 3.63. The number of aliphatic hydroxyl groups excluding tert-OH is 1. The summed E-state index contributed by atoms with van der Waals surface area (Å²) in [5, 5.41) is 8.36. The molecule has 10 nitrogen and oxygen atoms in total. The summed E-state index contributed by atoms with van der Waals surface area (Å²) in [6.45, 7) is -0.000973. The van der Waals surface area contributed by atoms with Gasteiger partial charge in [-0.1, -0.05) is 0 Å². The summed E-state index contributed by atoms with van der Waals surface area (Å²) < 4.78 is 21.8. The molecule has 2 aromatic heterocycles. The number of halogens is 1. The first-order chi connectivity index (χ1) is 9.40. The summed E-state index contributed by atoms with van der Waals surface area (Å²) in [4.78, 5) is 29.0. The number of hydrogen-bond donors (Lipinski definition) is 3. The van der Waals surface area contributed by atoms with Crippen LogP contribution in [0.25, 0.3) is 11.2 Å². The Labute approximate surface area is 117 Å². The first-order valence-corrected chi connectivity index (χ1v) is 7.13. The van der Waals surface area contributed by atoms with E-state index in [4.69, 9.17) is 31.2 Å². The van der Waals surface area contributed by atoms with Crippen molar-refractivity contribution in [1.29, 1.82) is 0 Å². The zero-order valence-electron chi connectivity index (χ0n) is 9.88. The molecule has 2 rings (SSSR count). The molecular weight excluding hydrogens is 315 g/mol. The van der Waals surface area contributed by atoms with Gasteiger partial charge in [0.1, 0.15) is 6.73 Å². The van der Waals surface area contributed by atoms with E-state index in [2.05, 4.69) is 19.5 Å². The van der Waals surface area contributed by atoms with Crippen LogP contribution < -0.4 is 4.52 Å². The van der Waals surface area contributed by atoms with E-state index in [9.17, 15) is 4.57 Å². The molecule has 0 aromatic carbocycles. The Hall–Kier alpha value is -1.29. The van der Waals surface area contributed by atoms with E-state index in [1.165, 1.54) is 10.9 Å². The van der Waals surface area contributed by atoms with E-state index in [0.29, 0.717) is 0 Å². The molecule has 0 aliphatic carbocycles. The maximum absolute atomic E-state index is 10.9. The molecule has 0 spiro atoms. The van der Waals surface area contributed by atoms with Gasteiger partial charge in [-0.15, -0.1) is 0 Å². The average Bonchev–Trinajstić information content (AvgIpc) is 2.71. The highest BCUT2D eigenvalue weighted by Crippen LogP contribution is 2.39. The van der Waals surface area contributed by atoms with Gasteiger partial charge in [-0.2, -0.15) is 9.97 Å². The van der Waals surface area contributed by atoms with Crippen LogP contribution in [-0.4, -0.2) is 47.6 Å². The Bertz CT molecular complexity index is 658. The molecule has 20 heavy (non-hydrogen) atoms. The number of aromatic nitrogens is 4. The zero-order chi connectivity index (χ0) is 14.8. The zero-order valence-corrected chi connectivity index (χ0v) is 11.5. The number of phosphoric ester groups is 1. The number of phosphoric acid groups is 1. The molecule has 0 unspecified atom stereocenters. The SMILES string of the molecule is O=P(O)(O)Oc1nc(Cl)nc2c1ncn2COCCO. The lowest BCUT2D eigenvalue weighted by Crippen LogP contribution is -2.06. The third-order valence-electron chi connectivity index (χ3n) is 2.08. The topological polar surface area (TPSA) is 140 Å². The summed E-state index contributed by atoms with van der Waals surface area (Å²) in [6.07, 6.45) is 1.32. The van der Waals surface area contributed by atoms with Gasteiger partial charge < -0.3 is 14.4 Å². The van der Waals surface area contributed by atoms with Gasteiger partial charge in [0.25, 0.3) is 5.88 Å². The van der Waals surface area contributed by atoms with Crippen LogP contribution in [0.4, 0.5) is 0 Å². The Balaban J connectivity index is 2.38. The fourth-order valence-electron chi connectivity index (χ4n) is 1.39. The molecule has 0 atom stereocenters. The fraction of sp³-hybridized carbons (Fsp3) is 0.375. The van der Waals surface area contributed by atoms with E-state index in [0.717, 1.165) is 0 Å². The number of aliphatic hydroxyl groups is 1. The molecule has 2 heterocycles. The van der Waals surface area contributed by atoms with Gasteiger partial charge in [-0.25, -0.2) is 9.55 Å². The van der Waals surface area contributed by atoms with Gasteiger partial charge in [0.15, 0.2) is 11.2 Å². The summed E-state index contributed by atoms with van der Waals surface area (Å²) >= 11 is 5.67. The van der Waals surface area contributed by atoms with E-state index in [-0.39, 0.29) is 36.4 Å². The second-order valence-corrected chi connectivity index (χ2v) is 5.03. The second kappa shape index (κ2) is 6.00. The summed E-state index contributed by atoms with van der Waals surface area (Å²) in [5.74, 6) is -0.422. The fourth-order valence-corrected chi connectivity index (χ4v) is 1.90. The van der Waals surface area contributed by atoms with Gasteiger partial charge >= 0.3 is 7.82 Å². The maximum Gasteiger partial charge on any atom is 0.526 e. The quantitative estimate of drug-likeness (QED) is 0.378. The van der Waals surface area contributed by atoms with Crippen molar-refractivity contribution in [3.63, 3.8) is 0 Å². The van der Waals surface area contributed by atoms with Crippen molar-refractivity contribution in [3.8, 4) is 5.88 Å². The van der Waals surface area contributed by atoms with E-state index in [1.54, 1.807) is 0 Å². The predicted octanol–water partition coefficient (Wildman–Crippen LogP) is -0.0824. The molecular formula is C8H10ClN4O6P. The molecule has 12 heteroatoms. The summed E-state index contributed by atoms with van der Waals surface area (Å²) in [7, 11) is -4.79. The van der Waals surface area contributed by atoms with Crippen LogP contribution in [0, 0.1) is 0 Å². The minimum atomic E-state index is -4.79. The number of imidazole rings is 1. The van der Waals surface area contributed by atoms with Gasteiger partial charge in [-0.05, 0) is 11.6 Å². The first kappa shape index (κ1) is 15.1. The van der Waals surface area contributed by atoms with Crippen LogP contribution in [0.15, 0.2) is 6.33 Å². The minimum Gasteiger partial charge on any atom is -0.394 e. The van der Waals surface area contributed by atoms with Crippen LogP contribution in [0.3, 0.4) is 0 Å². The number of fused-ring (bicyclic) bond motifs is 1. The van der Waals surface area contributed by atoms with Crippen LogP contribution >= 0.6 is 19.4 Å². The lowest BCUT2D eigenvalue weighted by molar-refractivity contribution is 0.0499. The molecule has 110 valence electrons. The lowest BCUT2D eigenvalue weighted by Gasteiger charge is -2.07. The molecule has 0 saturated carbocycles. The lowest BCUT2D eigenvalue weighted by atomic mass is 10.5. The van der Waals surface area contributed by atoms with Crippen molar-refractivity contribution in [2.45, 2.75) is 6.73 Å². The monoisotopic (exact) mass is 324 g/mol. The average molecular weight is 325 g/mol. The predicted molar refractivity (Wildman–Crippen MR) is 66.0 cm³/mol. The Kier molecular flexibility index (Phi) is 4.53. The highest BCUT2D eigenvalue weighted by Gasteiger charge is 2.22. The summed E-state index contributed by atoms with van der Waals surface area (Å²) in [6, 6.07) is 0. The van der Waals surface area contributed by atoms with E-state index in [1.807, 2.05) is 0 Å². The second-order valence-electron chi connectivity index (χ2n) is 3.53. The number of hydrogen-bond acceptors (Lipinski definition) is 7. The van der Waals surface area contributed by atoms with Gasteiger partial charge in [-0.3, -0.25) is 14.4 Å². The molecule has 0 saturated heterocycles. The normalized spacial score (nSPS) is 12.0. The summed E-state index contributed by atoms with van der Waals surface area (Å²) in [5.41, 5.74) is 0.219. The molecule has 0 fully saturated rings. The van der Waals surface area contributed by atoms with Crippen LogP contribution in [0.2, 0.25) is 5.28 Å². The Morgan fingerprint density at radius 1 is 1.40 bits per heavy atom. The van der Waals surface area contributed by atoms with Crippen molar-refractivity contribution in [3.05, 3.63) is 11.6 Å². The van der Waals surface area contributed by atoms with Crippen molar-refractivity contribution >= 4 is 30.6 Å². The standard InChI is InChI=1S/C8H10ClN4O6P/c9-8-11-6-5(7(12-8)19-20(15,16)17)10-3-13(6)4-18-2-1-14/h3,14H,1-2,4H2,(H2,15,16,17). The van der Waals surface area contributed by atoms with Crippen LogP contribution in [0.1, 0.15) is 0 Å². The van der Waals surface area contributed by atoms with Crippen molar-refractivity contribution < 1.29 is 28.7 Å². The third-order valence-corrected chi connectivity index (χ3v) is 2.66. The molecule has 0 bridgehead atoms. The highest BCUT2D eigenvalue weighted by atomic mass is 35.5. The maximum atomic E-state index is 10.9. The van der Waals surface area contributed by atoms with Crippen LogP contribution in [-0.2, 0) is 16.0 Å². The molecule has 0 radical (unpaired) electrons. The van der Waals surface area contributed by atoms with Gasteiger partial charge in [0.2, 0.25) is 5.28 Å². The van der Waals surface area contributed by atoms with Gasteiger partial charge in [0.05, 0.1) is 19.5 Å². The van der Waals surface area contributed by atoms with E-state index >= 15 is 0 Å². The van der Waals surface area contributed by atoms with Crippen molar-refractivity contribution in [1.82, 2.24) is 19.5 Å². The van der Waals surface area contributed by atoms with Gasteiger partial charge in [0, 0.05) is 0 Å². The van der Waals surface area contributed by atoms with Crippen molar-refractivity contribution in [2.75, 3.05) is 13.2 Å². The minimum absolute atomic E-state index is 0.0275. The smallest absolute Gasteiger partial charge is 0.394 e. The van der Waals surface area contributed by atoms with Crippen molar-refractivity contribution in [2.24, 2.45) is 0 Å². The highest BCUT2D eigenvalue weighted by molar-refractivity contribution is 7.46. The molecule has 2 aromatic rings. The molecule has 3 N–H and O–H groups in total. The Morgan fingerprint density at radius 2 is 2.15 bits per heavy atom. The molecule has 0 aliphatic rings. The first-order valence-electron chi connectivity index (χ1n) is 5.23. The van der Waals surface area contributed by atoms with E-state index < -0.39 is 13.7 Å².